The predicted molar refractivity (Wildman–Crippen MR) is 93.0 cm³/mol. The Morgan fingerprint density at radius 3 is 2.92 bits per heavy atom. The molecule has 2 heterocycles. The van der Waals surface area contributed by atoms with Crippen LogP contribution < -0.4 is 15.5 Å². The zero-order chi connectivity index (χ0) is 17.5. The third-order valence-corrected chi connectivity index (χ3v) is 5.89. The summed E-state index contributed by atoms with van der Waals surface area (Å²) < 4.78 is 0. The smallest absolute Gasteiger partial charge is 0.257 e. The van der Waals surface area contributed by atoms with E-state index in [0.29, 0.717) is 30.1 Å². The standard InChI is InChI=1S/C16H18ClN3O3S/c1-3-18-14(22)9(2)19-15(23)16-7-6-13(21)20(16)11-8-10(17)4-5-12(11)24-16/h4-5,8-9H,3,6-7H2,1-2H3,(H,18,22)(H,19,23). The van der Waals surface area contributed by atoms with E-state index in [1.807, 2.05) is 13.0 Å². The van der Waals surface area contributed by atoms with E-state index in [9.17, 15) is 14.4 Å². The van der Waals surface area contributed by atoms with Gasteiger partial charge in [0.15, 0.2) is 4.87 Å². The molecule has 0 saturated carbocycles. The van der Waals surface area contributed by atoms with Crippen molar-refractivity contribution in [3.63, 3.8) is 0 Å². The van der Waals surface area contributed by atoms with Crippen molar-refractivity contribution in [2.24, 2.45) is 0 Å². The Morgan fingerprint density at radius 2 is 2.21 bits per heavy atom. The second-order valence-electron chi connectivity index (χ2n) is 5.82. The fourth-order valence-electron chi connectivity index (χ4n) is 3.02. The van der Waals surface area contributed by atoms with Crippen molar-refractivity contribution in [2.45, 2.75) is 42.5 Å². The van der Waals surface area contributed by atoms with Crippen LogP contribution in [-0.4, -0.2) is 35.2 Å². The highest BCUT2D eigenvalue weighted by molar-refractivity contribution is 8.02. The van der Waals surface area contributed by atoms with Crippen molar-refractivity contribution in [3.05, 3.63) is 23.2 Å². The Bertz CT molecular complexity index is 727. The number of rotatable bonds is 4. The lowest BCUT2D eigenvalue weighted by Gasteiger charge is -2.30. The summed E-state index contributed by atoms with van der Waals surface area (Å²) in [6.45, 7) is 3.94. The molecular weight excluding hydrogens is 350 g/mol. The normalized spacial score (nSPS) is 22.8. The van der Waals surface area contributed by atoms with Gasteiger partial charge in [0.05, 0.1) is 5.69 Å². The molecule has 1 aromatic rings. The average molecular weight is 368 g/mol. The molecule has 0 radical (unpaired) electrons. The summed E-state index contributed by atoms with van der Waals surface area (Å²) in [5.41, 5.74) is 0.663. The molecule has 128 valence electrons. The first-order valence-corrected chi connectivity index (χ1v) is 8.99. The van der Waals surface area contributed by atoms with Crippen LogP contribution >= 0.6 is 23.4 Å². The molecule has 3 amide bonds. The molecule has 0 aromatic heterocycles. The Morgan fingerprint density at radius 1 is 1.46 bits per heavy atom. The third kappa shape index (κ3) is 2.65. The molecule has 0 spiro atoms. The first kappa shape index (κ1) is 17.1. The fourth-order valence-corrected chi connectivity index (χ4v) is 4.59. The summed E-state index contributed by atoms with van der Waals surface area (Å²) in [5, 5.41) is 5.93. The number of thioether (sulfide) groups is 1. The molecule has 2 N–H and O–H groups in total. The van der Waals surface area contributed by atoms with Crippen LogP contribution in [0.4, 0.5) is 5.69 Å². The number of amides is 3. The van der Waals surface area contributed by atoms with Crippen molar-refractivity contribution in [3.8, 4) is 0 Å². The number of likely N-dealkylation sites (N-methyl/N-ethyl adjacent to an activating group) is 1. The molecule has 1 fully saturated rings. The van der Waals surface area contributed by atoms with Gasteiger partial charge < -0.3 is 10.6 Å². The molecule has 2 aliphatic rings. The Labute approximate surface area is 149 Å². The van der Waals surface area contributed by atoms with Gasteiger partial charge in [0.2, 0.25) is 11.8 Å². The lowest BCUT2D eigenvalue weighted by atomic mass is 10.1. The zero-order valence-electron chi connectivity index (χ0n) is 13.4. The number of hydrogen-bond donors (Lipinski definition) is 2. The number of carbonyl (C=O) groups excluding carboxylic acids is 3. The highest BCUT2D eigenvalue weighted by Crippen LogP contribution is 2.56. The number of benzene rings is 1. The van der Waals surface area contributed by atoms with E-state index >= 15 is 0 Å². The molecule has 3 rings (SSSR count). The van der Waals surface area contributed by atoms with Gasteiger partial charge in [0.25, 0.3) is 5.91 Å². The maximum Gasteiger partial charge on any atom is 0.257 e. The van der Waals surface area contributed by atoms with Crippen molar-refractivity contribution in [1.29, 1.82) is 0 Å². The Kier molecular flexibility index (Phi) is 4.48. The van der Waals surface area contributed by atoms with Crippen LogP contribution in [0.1, 0.15) is 26.7 Å². The molecule has 24 heavy (non-hydrogen) atoms. The van der Waals surface area contributed by atoms with Gasteiger partial charge in [-0.1, -0.05) is 23.4 Å². The van der Waals surface area contributed by atoms with E-state index in [-0.39, 0.29) is 17.7 Å². The van der Waals surface area contributed by atoms with Gasteiger partial charge in [-0.15, -0.1) is 0 Å². The molecule has 0 bridgehead atoms. The number of anilines is 1. The highest BCUT2D eigenvalue weighted by atomic mass is 35.5. The van der Waals surface area contributed by atoms with Gasteiger partial charge >= 0.3 is 0 Å². The summed E-state index contributed by atoms with van der Waals surface area (Å²) >= 11 is 7.39. The number of carbonyl (C=O) groups is 3. The van der Waals surface area contributed by atoms with Crippen LogP contribution in [0.5, 0.6) is 0 Å². The molecule has 1 aromatic carbocycles. The molecule has 0 aliphatic carbocycles. The summed E-state index contributed by atoms with van der Waals surface area (Å²) in [6, 6.07) is 4.59. The second kappa shape index (κ2) is 6.29. The number of fused-ring (bicyclic) bond motifs is 3. The SMILES string of the molecule is CCNC(=O)C(C)NC(=O)C12CCC(=O)N1c1cc(Cl)ccc1S2. The largest absolute Gasteiger partial charge is 0.355 e. The zero-order valence-corrected chi connectivity index (χ0v) is 15.0. The van der Waals surface area contributed by atoms with E-state index in [1.54, 1.807) is 19.1 Å². The fraction of sp³-hybridized carbons (Fsp3) is 0.438. The topological polar surface area (TPSA) is 78.5 Å². The lowest BCUT2D eigenvalue weighted by molar-refractivity contribution is -0.130. The number of nitrogens with zero attached hydrogens (tertiary/aromatic N) is 1. The van der Waals surface area contributed by atoms with Crippen LogP contribution in [0.15, 0.2) is 23.1 Å². The van der Waals surface area contributed by atoms with Gasteiger partial charge in [-0.25, -0.2) is 0 Å². The van der Waals surface area contributed by atoms with Crippen LogP contribution in [0.25, 0.3) is 0 Å². The molecule has 6 nitrogen and oxygen atoms in total. The van der Waals surface area contributed by atoms with Gasteiger partial charge in [0.1, 0.15) is 6.04 Å². The van der Waals surface area contributed by atoms with Crippen molar-refractivity contribution < 1.29 is 14.4 Å². The maximum atomic E-state index is 12.9. The molecular formula is C16H18ClN3O3S. The minimum atomic E-state index is -1.04. The van der Waals surface area contributed by atoms with Gasteiger partial charge in [-0.3, -0.25) is 19.3 Å². The Balaban J connectivity index is 1.88. The second-order valence-corrected chi connectivity index (χ2v) is 7.57. The van der Waals surface area contributed by atoms with Gasteiger partial charge in [-0.05, 0) is 38.5 Å². The summed E-state index contributed by atoms with van der Waals surface area (Å²) in [4.78, 5) is 38.5. The Hall–Kier alpha value is -1.73. The van der Waals surface area contributed by atoms with E-state index in [0.717, 1.165) is 4.90 Å². The minimum absolute atomic E-state index is 0.107. The molecule has 1 saturated heterocycles. The third-order valence-electron chi connectivity index (χ3n) is 4.18. The molecule has 2 atom stereocenters. The summed E-state index contributed by atoms with van der Waals surface area (Å²) in [7, 11) is 0. The highest BCUT2D eigenvalue weighted by Gasteiger charge is 2.57. The molecule has 2 aliphatic heterocycles. The molecule has 8 heteroatoms. The van der Waals surface area contributed by atoms with Crippen molar-refractivity contribution in [1.82, 2.24) is 10.6 Å². The van der Waals surface area contributed by atoms with Crippen LogP contribution in [0, 0.1) is 0 Å². The predicted octanol–water partition coefficient (Wildman–Crippen LogP) is 1.91. The van der Waals surface area contributed by atoms with Crippen molar-refractivity contribution in [2.75, 3.05) is 11.4 Å². The average Bonchev–Trinajstić information content (AvgIpc) is 3.04. The number of hydrogen-bond acceptors (Lipinski definition) is 4. The summed E-state index contributed by atoms with van der Waals surface area (Å²) in [5.74, 6) is -0.685. The van der Waals surface area contributed by atoms with Gasteiger partial charge in [-0.2, -0.15) is 0 Å². The van der Waals surface area contributed by atoms with E-state index in [2.05, 4.69) is 10.6 Å². The van der Waals surface area contributed by atoms with Crippen molar-refractivity contribution >= 4 is 46.8 Å². The number of halogens is 1. The lowest BCUT2D eigenvalue weighted by Crippen LogP contribution is -2.56. The monoisotopic (exact) mass is 367 g/mol. The van der Waals surface area contributed by atoms with E-state index in [1.165, 1.54) is 16.7 Å². The maximum absolute atomic E-state index is 12.9. The van der Waals surface area contributed by atoms with E-state index in [4.69, 9.17) is 11.6 Å². The van der Waals surface area contributed by atoms with Crippen LogP contribution in [-0.2, 0) is 14.4 Å². The first-order chi connectivity index (χ1) is 11.4. The van der Waals surface area contributed by atoms with Crippen LogP contribution in [0.3, 0.4) is 0 Å². The first-order valence-electron chi connectivity index (χ1n) is 7.79. The van der Waals surface area contributed by atoms with Gasteiger partial charge in [0, 0.05) is 22.9 Å². The summed E-state index contributed by atoms with van der Waals surface area (Å²) in [6.07, 6.45) is 0.693. The number of nitrogens with one attached hydrogen (secondary N) is 2. The van der Waals surface area contributed by atoms with E-state index < -0.39 is 10.9 Å². The quantitative estimate of drug-likeness (QED) is 0.852. The minimum Gasteiger partial charge on any atom is -0.355 e. The molecule has 2 unspecified atom stereocenters. The van der Waals surface area contributed by atoms with Crippen LogP contribution in [0.2, 0.25) is 5.02 Å².